The number of rotatable bonds is 8. The van der Waals surface area contributed by atoms with Crippen LogP contribution in [-0.4, -0.2) is 21.4 Å². The molecule has 0 atom stereocenters. The number of nitrogens with zero attached hydrogens (tertiary/aromatic N) is 4. The van der Waals surface area contributed by atoms with Gasteiger partial charge < -0.3 is 5.32 Å². The van der Waals surface area contributed by atoms with Crippen molar-refractivity contribution < 1.29 is 4.79 Å². The van der Waals surface area contributed by atoms with Crippen LogP contribution in [0.1, 0.15) is 38.5 Å². The molecule has 6 nitrogen and oxygen atoms in total. The summed E-state index contributed by atoms with van der Waals surface area (Å²) in [6.07, 6.45) is 13.8. The van der Waals surface area contributed by atoms with E-state index in [1.165, 1.54) is 12.8 Å². The van der Waals surface area contributed by atoms with Gasteiger partial charge in [0.05, 0.1) is 11.9 Å². The summed E-state index contributed by atoms with van der Waals surface area (Å²) in [4.78, 5) is 11.9. The molecule has 110 valence electrons. The largest absolute Gasteiger partial charge is 0.323 e. The van der Waals surface area contributed by atoms with E-state index in [9.17, 15) is 4.79 Å². The monoisotopic (exact) mass is 285 g/mol. The minimum atomic E-state index is -0.389. The number of terminal acetylenes is 1. The van der Waals surface area contributed by atoms with Gasteiger partial charge in [-0.05, 0) is 18.8 Å². The molecular weight excluding hydrogens is 266 g/mol. The SMILES string of the molecule is C#CCCC1(CCC(=O)Nc2cnn(CC3CC3)c2)N=N1. The number of hydrogen-bond acceptors (Lipinski definition) is 4. The van der Waals surface area contributed by atoms with E-state index in [0.717, 1.165) is 24.6 Å². The summed E-state index contributed by atoms with van der Waals surface area (Å²) in [7, 11) is 0. The Morgan fingerprint density at radius 2 is 2.29 bits per heavy atom. The van der Waals surface area contributed by atoms with Crippen molar-refractivity contribution in [3.8, 4) is 12.3 Å². The van der Waals surface area contributed by atoms with Crippen LogP contribution < -0.4 is 5.32 Å². The van der Waals surface area contributed by atoms with Crippen LogP contribution in [0.3, 0.4) is 0 Å². The van der Waals surface area contributed by atoms with Gasteiger partial charge in [-0.25, -0.2) is 0 Å². The molecule has 1 aromatic heterocycles. The average Bonchev–Trinajstić information content (AvgIpc) is 3.37. The lowest BCUT2D eigenvalue weighted by molar-refractivity contribution is -0.116. The minimum absolute atomic E-state index is 0.0293. The molecule has 1 aliphatic carbocycles. The highest BCUT2D eigenvalue weighted by Crippen LogP contribution is 2.37. The zero-order valence-electron chi connectivity index (χ0n) is 12.0. The molecule has 0 spiro atoms. The fourth-order valence-electron chi connectivity index (χ4n) is 2.30. The minimum Gasteiger partial charge on any atom is -0.323 e. The second-order valence-electron chi connectivity index (χ2n) is 5.83. The molecule has 1 fully saturated rings. The lowest BCUT2D eigenvalue weighted by atomic mass is 10.0. The maximum absolute atomic E-state index is 11.9. The molecule has 0 radical (unpaired) electrons. The summed E-state index contributed by atoms with van der Waals surface area (Å²) in [5, 5.41) is 15.2. The van der Waals surface area contributed by atoms with E-state index in [0.29, 0.717) is 19.3 Å². The fraction of sp³-hybridized carbons (Fsp3) is 0.600. The van der Waals surface area contributed by atoms with Gasteiger partial charge in [0.1, 0.15) is 0 Å². The first kappa shape index (κ1) is 13.8. The van der Waals surface area contributed by atoms with Gasteiger partial charge in [0.2, 0.25) is 5.91 Å². The van der Waals surface area contributed by atoms with Crippen LogP contribution in [0, 0.1) is 18.3 Å². The number of hydrogen-bond donors (Lipinski definition) is 1. The van der Waals surface area contributed by atoms with Crippen molar-refractivity contribution in [3.63, 3.8) is 0 Å². The third-order valence-electron chi connectivity index (χ3n) is 3.86. The Bertz CT molecular complexity index is 587. The highest BCUT2D eigenvalue weighted by molar-refractivity contribution is 5.90. The van der Waals surface area contributed by atoms with Gasteiger partial charge in [-0.15, -0.1) is 12.3 Å². The van der Waals surface area contributed by atoms with Gasteiger partial charge in [-0.1, -0.05) is 0 Å². The van der Waals surface area contributed by atoms with Gasteiger partial charge in [-0.3, -0.25) is 9.48 Å². The summed E-state index contributed by atoms with van der Waals surface area (Å²) in [6, 6.07) is 0. The van der Waals surface area contributed by atoms with Gasteiger partial charge in [-0.2, -0.15) is 15.3 Å². The average molecular weight is 285 g/mol. The molecule has 0 saturated heterocycles. The first-order chi connectivity index (χ1) is 10.2. The van der Waals surface area contributed by atoms with Crippen LogP contribution >= 0.6 is 0 Å². The third-order valence-corrected chi connectivity index (χ3v) is 3.86. The quantitative estimate of drug-likeness (QED) is 0.746. The molecule has 1 aliphatic heterocycles. The number of nitrogens with one attached hydrogen (secondary N) is 1. The molecule has 0 unspecified atom stereocenters. The zero-order valence-corrected chi connectivity index (χ0v) is 12.0. The Hall–Kier alpha value is -2.16. The molecule has 1 saturated carbocycles. The molecule has 6 heteroatoms. The standard InChI is InChI=1S/C15H19N5O/c1-2-3-7-15(18-19-15)8-6-14(21)17-13-9-16-20(11-13)10-12-4-5-12/h1,9,11-12H,3-8,10H2,(H,17,21). The lowest BCUT2D eigenvalue weighted by Crippen LogP contribution is -2.17. The topological polar surface area (TPSA) is 71.6 Å². The first-order valence-electron chi connectivity index (χ1n) is 7.39. The van der Waals surface area contributed by atoms with E-state index in [1.54, 1.807) is 6.20 Å². The number of carbonyl (C=O) groups excluding carboxylic acids is 1. The molecule has 21 heavy (non-hydrogen) atoms. The Kier molecular flexibility index (Phi) is 3.74. The molecule has 1 aromatic rings. The van der Waals surface area contributed by atoms with Gasteiger partial charge in [0, 0.05) is 38.4 Å². The smallest absolute Gasteiger partial charge is 0.224 e. The van der Waals surface area contributed by atoms with Gasteiger partial charge >= 0.3 is 0 Å². The molecular formula is C15H19N5O. The van der Waals surface area contributed by atoms with Crippen LogP contribution in [0.5, 0.6) is 0 Å². The van der Waals surface area contributed by atoms with Crippen LogP contribution in [-0.2, 0) is 11.3 Å². The number of anilines is 1. The number of aromatic nitrogens is 2. The highest BCUT2D eigenvalue weighted by Gasteiger charge is 2.39. The van der Waals surface area contributed by atoms with E-state index < -0.39 is 0 Å². The van der Waals surface area contributed by atoms with E-state index in [4.69, 9.17) is 6.42 Å². The third kappa shape index (κ3) is 3.91. The van der Waals surface area contributed by atoms with Crippen molar-refractivity contribution in [1.29, 1.82) is 0 Å². The van der Waals surface area contributed by atoms with Crippen LogP contribution in [0.2, 0.25) is 0 Å². The van der Waals surface area contributed by atoms with Crippen molar-refractivity contribution in [2.24, 2.45) is 16.1 Å². The Morgan fingerprint density at radius 3 is 2.95 bits per heavy atom. The molecule has 2 heterocycles. The Labute approximate surface area is 124 Å². The summed E-state index contributed by atoms with van der Waals surface area (Å²) < 4.78 is 1.90. The summed E-state index contributed by atoms with van der Waals surface area (Å²) in [6.45, 7) is 0.947. The predicted octanol–water partition coefficient (Wildman–Crippen LogP) is 2.59. The predicted molar refractivity (Wildman–Crippen MR) is 78.5 cm³/mol. The van der Waals surface area contributed by atoms with Crippen LogP contribution in [0.25, 0.3) is 0 Å². The van der Waals surface area contributed by atoms with Crippen molar-refractivity contribution in [1.82, 2.24) is 9.78 Å². The highest BCUT2D eigenvalue weighted by atomic mass is 16.1. The maximum Gasteiger partial charge on any atom is 0.224 e. The number of carbonyl (C=O) groups is 1. The van der Waals surface area contributed by atoms with Crippen molar-refractivity contribution >= 4 is 11.6 Å². The van der Waals surface area contributed by atoms with Crippen molar-refractivity contribution in [2.75, 3.05) is 5.32 Å². The maximum atomic E-state index is 11.9. The molecule has 0 aromatic carbocycles. The Balaban J connectivity index is 1.41. The Morgan fingerprint density at radius 1 is 1.48 bits per heavy atom. The normalized spacial score (nSPS) is 18.2. The zero-order chi connectivity index (χ0) is 14.7. The summed E-state index contributed by atoms with van der Waals surface area (Å²) in [5.41, 5.74) is 0.364. The molecule has 1 N–H and O–H groups in total. The lowest BCUT2D eigenvalue weighted by Gasteiger charge is -2.08. The summed E-state index contributed by atoms with van der Waals surface area (Å²) >= 11 is 0. The molecule has 0 bridgehead atoms. The van der Waals surface area contributed by atoms with Crippen molar-refractivity contribution in [2.45, 2.75) is 50.7 Å². The number of amides is 1. The first-order valence-corrected chi connectivity index (χ1v) is 7.39. The van der Waals surface area contributed by atoms with Crippen LogP contribution in [0.4, 0.5) is 5.69 Å². The molecule has 2 aliphatic rings. The van der Waals surface area contributed by atoms with E-state index >= 15 is 0 Å². The molecule has 3 rings (SSSR count). The van der Waals surface area contributed by atoms with Crippen molar-refractivity contribution in [3.05, 3.63) is 12.4 Å². The second-order valence-corrected chi connectivity index (χ2v) is 5.83. The fourth-order valence-corrected chi connectivity index (χ4v) is 2.30. The van der Waals surface area contributed by atoms with Gasteiger partial charge in [0.15, 0.2) is 5.66 Å². The second kappa shape index (κ2) is 5.68. The van der Waals surface area contributed by atoms with Crippen LogP contribution in [0.15, 0.2) is 22.6 Å². The van der Waals surface area contributed by atoms with E-state index in [1.807, 2.05) is 10.9 Å². The van der Waals surface area contributed by atoms with E-state index in [2.05, 4.69) is 26.6 Å². The van der Waals surface area contributed by atoms with Gasteiger partial charge in [0.25, 0.3) is 0 Å². The van der Waals surface area contributed by atoms with E-state index in [-0.39, 0.29) is 11.6 Å². The molecule has 1 amide bonds. The summed E-state index contributed by atoms with van der Waals surface area (Å²) in [5.74, 6) is 3.32.